The van der Waals surface area contributed by atoms with E-state index in [9.17, 15) is 17.7 Å². The predicted octanol–water partition coefficient (Wildman–Crippen LogP) is 1.02. The molecule has 0 N–H and O–H groups in total. The van der Waals surface area contributed by atoms with Gasteiger partial charge in [-0.05, 0) is 20.8 Å². The molecule has 0 bridgehead atoms. The van der Waals surface area contributed by atoms with E-state index in [1.54, 1.807) is 20.8 Å². The van der Waals surface area contributed by atoms with Crippen molar-refractivity contribution in [2.45, 2.75) is 57.4 Å². The van der Waals surface area contributed by atoms with Crippen LogP contribution in [0.2, 0.25) is 5.31 Å². The van der Waals surface area contributed by atoms with Gasteiger partial charge in [-0.3, -0.25) is 0 Å². The minimum atomic E-state index is -4.86. The predicted molar refractivity (Wildman–Crippen MR) is 71.5 cm³/mol. The molecule has 3 nitrogen and oxygen atoms in total. The molecule has 1 amide bonds. The number of nitrogens with zero attached hydrogens (tertiary/aromatic N) is 1. The zero-order valence-electron chi connectivity index (χ0n) is 13.3. The number of likely N-dealkylation sites (tertiary alicyclic amines) is 1. The molecule has 2 rings (SSSR count). The minimum absolute atomic E-state index is 0. The molecule has 21 heavy (non-hydrogen) atoms. The van der Waals surface area contributed by atoms with Gasteiger partial charge in [0.2, 0.25) is 0 Å². The fourth-order valence-corrected chi connectivity index (χ4v) is 3.09. The molecule has 2 aliphatic rings. The third-order valence-corrected chi connectivity index (χ3v) is 4.39. The van der Waals surface area contributed by atoms with Gasteiger partial charge in [-0.2, -0.15) is 0 Å². The Bertz CT molecular complexity index is 386. The van der Waals surface area contributed by atoms with Gasteiger partial charge in [0.05, 0.1) is 0 Å². The molecule has 8 heteroatoms. The molecule has 0 radical (unpaired) electrons. The van der Waals surface area contributed by atoms with E-state index in [4.69, 9.17) is 4.74 Å². The Balaban J connectivity index is 0.00000220. The molecule has 116 valence electrons. The first kappa shape index (κ1) is 19.8. The molecule has 0 spiro atoms. The Hall–Kier alpha value is 0.761. The van der Waals surface area contributed by atoms with E-state index in [1.807, 2.05) is 0 Å². The second kappa shape index (κ2) is 6.71. The van der Waals surface area contributed by atoms with Gasteiger partial charge in [-0.15, -0.1) is 0 Å². The summed E-state index contributed by atoms with van der Waals surface area (Å²) in [5, 5.41) is -1.52. The van der Waals surface area contributed by atoms with Crippen LogP contribution in [0.4, 0.5) is 17.7 Å². The second-order valence-electron chi connectivity index (χ2n) is 7.05. The quantitative estimate of drug-likeness (QED) is 0.707. The van der Waals surface area contributed by atoms with E-state index >= 15 is 0 Å². The van der Waals surface area contributed by atoms with Crippen LogP contribution in [0.1, 0.15) is 46.5 Å². The summed E-state index contributed by atoms with van der Waals surface area (Å²) in [5.41, 5.74) is -0.615. The summed E-state index contributed by atoms with van der Waals surface area (Å²) in [6.45, 7) is 0.689. The molecule has 1 saturated carbocycles. The molecule has 0 aromatic rings. The molecule has 1 aliphatic heterocycles. The van der Waals surface area contributed by atoms with Crippen molar-refractivity contribution < 1.29 is 73.9 Å². The number of ether oxygens (including phenoxy) is 1. The summed E-state index contributed by atoms with van der Waals surface area (Å²) >= 11 is 0. The number of amides is 1. The van der Waals surface area contributed by atoms with Gasteiger partial charge in [0, 0.05) is 13.1 Å². The van der Waals surface area contributed by atoms with Crippen molar-refractivity contribution >= 4 is 13.1 Å². The normalized spacial score (nSPS) is 22.5. The zero-order chi connectivity index (χ0) is 15.2. The number of hydrogen-bond acceptors (Lipinski definition) is 2. The van der Waals surface area contributed by atoms with Crippen molar-refractivity contribution in [1.29, 1.82) is 0 Å². The Morgan fingerprint density at radius 2 is 1.67 bits per heavy atom. The monoisotopic (exact) mass is 331 g/mol. The van der Waals surface area contributed by atoms with E-state index in [0.29, 0.717) is 12.8 Å². The molecule has 2 fully saturated rings. The van der Waals surface area contributed by atoms with Gasteiger partial charge in [-0.1, -0.05) is 36.9 Å². The van der Waals surface area contributed by atoms with Crippen LogP contribution in [0.15, 0.2) is 0 Å². The molecule has 1 heterocycles. The Labute approximate surface area is 166 Å². The van der Waals surface area contributed by atoms with Gasteiger partial charge in [0.15, 0.2) is 0 Å². The molecule has 0 aromatic heterocycles. The van der Waals surface area contributed by atoms with Gasteiger partial charge >= 0.3 is 64.5 Å². The maximum absolute atomic E-state index is 13.4. The molecule has 1 aliphatic carbocycles. The van der Waals surface area contributed by atoms with E-state index in [0.717, 1.165) is 0 Å². The first-order valence-corrected chi connectivity index (χ1v) is 7.22. The Morgan fingerprint density at radius 1 is 1.19 bits per heavy atom. The van der Waals surface area contributed by atoms with Crippen LogP contribution in [0.3, 0.4) is 0 Å². The van der Waals surface area contributed by atoms with E-state index in [-0.39, 0.29) is 83.2 Å². The fourth-order valence-electron chi connectivity index (χ4n) is 3.09. The zero-order valence-corrected chi connectivity index (χ0v) is 16.4. The van der Waals surface area contributed by atoms with Crippen molar-refractivity contribution in [2.24, 2.45) is 5.92 Å². The number of hydrogen-bond donors (Lipinski definition) is 0. The summed E-state index contributed by atoms with van der Waals surface area (Å²) in [6.07, 6.45) is 0.902. The van der Waals surface area contributed by atoms with Crippen LogP contribution in [-0.2, 0) is 4.74 Å². The number of carbonyl (C=O) groups excluding carboxylic acids is 1. The topological polar surface area (TPSA) is 29.5 Å². The van der Waals surface area contributed by atoms with Crippen LogP contribution in [-0.4, -0.2) is 36.7 Å². The van der Waals surface area contributed by atoms with E-state index in [2.05, 4.69) is 0 Å². The summed E-state index contributed by atoms with van der Waals surface area (Å²) in [6, 6.07) is 0. The molecule has 0 unspecified atom stereocenters. The first-order valence-electron chi connectivity index (χ1n) is 7.22. The van der Waals surface area contributed by atoms with Crippen molar-refractivity contribution in [3.8, 4) is 0 Å². The number of piperidine rings is 1. The van der Waals surface area contributed by atoms with Gasteiger partial charge in [0.25, 0.3) is 0 Å². The third-order valence-electron chi connectivity index (χ3n) is 4.39. The molecule has 0 atom stereocenters. The molecule has 0 aromatic carbocycles. The fraction of sp³-hybridized carbons (Fsp3) is 0.923. The van der Waals surface area contributed by atoms with Gasteiger partial charge < -0.3 is 22.6 Å². The SMILES string of the molecule is CC(C)(C)OC(=O)N1CCC(C2CC2)([B-](F)(F)F)CC1.[K+]. The average molecular weight is 331 g/mol. The molecule has 1 saturated heterocycles. The van der Waals surface area contributed by atoms with E-state index in [1.165, 1.54) is 4.90 Å². The third kappa shape index (κ3) is 4.62. The number of rotatable bonds is 2. The summed E-state index contributed by atoms with van der Waals surface area (Å²) in [4.78, 5) is 13.3. The van der Waals surface area contributed by atoms with Crippen molar-refractivity contribution in [3.05, 3.63) is 0 Å². The van der Waals surface area contributed by atoms with Crippen LogP contribution >= 0.6 is 0 Å². The van der Waals surface area contributed by atoms with Gasteiger partial charge in [-0.25, -0.2) is 4.79 Å². The largest absolute Gasteiger partial charge is 1.00 e. The summed E-state index contributed by atoms with van der Waals surface area (Å²) in [5.74, 6) is -0.219. The smallest absolute Gasteiger partial charge is 0.449 e. The van der Waals surface area contributed by atoms with Crippen molar-refractivity contribution in [3.63, 3.8) is 0 Å². The maximum Gasteiger partial charge on any atom is 1.00 e. The second-order valence-corrected chi connectivity index (χ2v) is 7.05. The van der Waals surface area contributed by atoms with Crippen LogP contribution < -0.4 is 51.4 Å². The Morgan fingerprint density at radius 3 is 2.00 bits per heavy atom. The Kier molecular flexibility index (Phi) is 6.33. The van der Waals surface area contributed by atoms with E-state index < -0.39 is 24.0 Å². The molecular formula is C13H22BF3KNO2. The van der Waals surface area contributed by atoms with Gasteiger partial charge in [0.1, 0.15) is 5.60 Å². The van der Waals surface area contributed by atoms with Crippen LogP contribution in [0, 0.1) is 5.92 Å². The number of halogens is 3. The standard InChI is InChI=1S/C13H22BF3NO2.K/c1-12(2,3)20-11(19)18-8-6-13(7-9-18,10-4-5-10)14(15,16)17;/h10H,4-9H2,1-3H3;/q-1;+1. The average Bonchev–Trinajstić information content (AvgIpc) is 3.09. The van der Waals surface area contributed by atoms with Crippen molar-refractivity contribution in [2.75, 3.05) is 13.1 Å². The van der Waals surface area contributed by atoms with Crippen LogP contribution in [0.5, 0.6) is 0 Å². The minimum Gasteiger partial charge on any atom is -0.449 e. The summed E-state index contributed by atoms with van der Waals surface area (Å²) < 4.78 is 45.5. The van der Waals surface area contributed by atoms with Crippen molar-refractivity contribution in [1.82, 2.24) is 4.90 Å². The summed E-state index contributed by atoms with van der Waals surface area (Å²) in [7, 11) is 0. The molecular weight excluding hydrogens is 309 g/mol. The van der Waals surface area contributed by atoms with Crippen LogP contribution in [0.25, 0.3) is 0 Å². The number of carbonyl (C=O) groups is 1. The maximum atomic E-state index is 13.4. The first-order chi connectivity index (χ1) is 9.05.